The zero-order valence-electron chi connectivity index (χ0n) is 15.0. The van der Waals surface area contributed by atoms with Crippen molar-refractivity contribution >= 4 is 23.5 Å². The molecule has 0 saturated heterocycles. The summed E-state index contributed by atoms with van der Waals surface area (Å²) in [5.41, 5.74) is 0.597. The number of halogens is 3. The lowest BCUT2D eigenvalue weighted by molar-refractivity contribution is -0.125. The molecule has 0 spiro atoms. The molecule has 144 valence electrons. The van der Waals surface area contributed by atoms with Gasteiger partial charge >= 0.3 is 5.97 Å². The van der Waals surface area contributed by atoms with E-state index in [1.54, 1.807) is 0 Å². The van der Waals surface area contributed by atoms with Crippen LogP contribution in [0.4, 0.5) is 8.78 Å². The number of hydrogen-bond acceptors (Lipinski definition) is 3. The van der Waals surface area contributed by atoms with Gasteiger partial charge in [-0.3, -0.25) is 4.79 Å². The summed E-state index contributed by atoms with van der Waals surface area (Å²) in [4.78, 5) is 24.2. The Hall–Kier alpha value is -2.47. The Morgan fingerprint density at radius 2 is 1.74 bits per heavy atom. The van der Waals surface area contributed by atoms with E-state index >= 15 is 0 Å². The lowest BCUT2D eigenvalue weighted by Crippen LogP contribution is -2.33. The van der Waals surface area contributed by atoms with Crippen LogP contribution in [0.25, 0.3) is 0 Å². The molecular weight excluding hydrogens is 376 g/mol. The second-order valence-corrected chi connectivity index (χ2v) is 6.89. The number of esters is 1. The Morgan fingerprint density at radius 1 is 1.11 bits per heavy atom. The van der Waals surface area contributed by atoms with E-state index in [-0.39, 0.29) is 16.6 Å². The van der Waals surface area contributed by atoms with Crippen molar-refractivity contribution in [2.45, 2.75) is 26.3 Å². The smallest absolute Gasteiger partial charge is 0.340 e. The fourth-order valence-electron chi connectivity index (χ4n) is 2.56. The van der Waals surface area contributed by atoms with Gasteiger partial charge in [0, 0.05) is 0 Å². The molecule has 27 heavy (non-hydrogen) atoms. The molecule has 0 saturated carbocycles. The molecule has 1 amide bonds. The van der Waals surface area contributed by atoms with Gasteiger partial charge in [-0.1, -0.05) is 55.8 Å². The summed E-state index contributed by atoms with van der Waals surface area (Å²) in [5.74, 6) is -3.57. The maximum absolute atomic E-state index is 13.3. The van der Waals surface area contributed by atoms with E-state index in [4.69, 9.17) is 16.3 Å². The van der Waals surface area contributed by atoms with Crippen LogP contribution in [0.15, 0.2) is 42.5 Å². The van der Waals surface area contributed by atoms with Gasteiger partial charge < -0.3 is 10.1 Å². The van der Waals surface area contributed by atoms with Gasteiger partial charge in [0.1, 0.15) is 0 Å². The van der Waals surface area contributed by atoms with Gasteiger partial charge in [0.2, 0.25) is 0 Å². The van der Waals surface area contributed by atoms with Crippen molar-refractivity contribution in [3.63, 3.8) is 0 Å². The molecule has 2 aromatic rings. The maximum atomic E-state index is 13.3. The van der Waals surface area contributed by atoms with E-state index in [2.05, 4.69) is 5.32 Å². The number of nitrogens with one attached hydrogen (secondary N) is 1. The number of carbonyl (C=O) groups excluding carboxylic acids is 2. The molecule has 2 aromatic carbocycles. The minimum absolute atomic E-state index is 0.232. The molecular formula is C20H20ClF2NO3. The fourth-order valence-corrected chi connectivity index (χ4v) is 2.79. The van der Waals surface area contributed by atoms with Crippen LogP contribution < -0.4 is 5.32 Å². The van der Waals surface area contributed by atoms with E-state index in [0.29, 0.717) is 24.5 Å². The summed E-state index contributed by atoms with van der Waals surface area (Å²) < 4.78 is 31.2. The monoisotopic (exact) mass is 395 g/mol. The van der Waals surface area contributed by atoms with Crippen LogP contribution >= 0.6 is 11.6 Å². The SMILES string of the molecule is CC(C)CC(NC(=O)COC(=O)c1cc(F)c(F)cc1Cl)c1ccccc1. The molecule has 7 heteroatoms. The highest BCUT2D eigenvalue weighted by molar-refractivity contribution is 6.33. The number of benzene rings is 2. The third-order valence-electron chi connectivity index (χ3n) is 3.81. The van der Waals surface area contributed by atoms with Gasteiger partial charge in [0.25, 0.3) is 5.91 Å². The quantitative estimate of drug-likeness (QED) is 0.547. The van der Waals surface area contributed by atoms with Crippen LogP contribution in [-0.2, 0) is 9.53 Å². The number of rotatable bonds is 7. The van der Waals surface area contributed by atoms with Crippen molar-refractivity contribution in [2.24, 2.45) is 5.92 Å². The molecule has 0 heterocycles. The van der Waals surface area contributed by atoms with Crippen LogP contribution in [0.5, 0.6) is 0 Å². The molecule has 1 atom stereocenters. The first kappa shape index (κ1) is 20.8. The molecule has 4 nitrogen and oxygen atoms in total. The van der Waals surface area contributed by atoms with Crippen molar-refractivity contribution in [2.75, 3.05) is 6.61 Å². The van der Waals surface area contributed by atoms with Gasteiger partial charge in [-0.15, -0.1) is 0 Å². The van der Waals surface area contributed by atoms with E-state index in [1.165, 1.54) is 0 Å². The van der Waals surface area contributed by atoms with Crippen LogP contribution in [0, 0.1) is 17.6 Å². The molecule has 0 aliphatic carbocycles. The van der Waals surface area contributed by atoms with Gasteiger partial charge in [0.05, 0.1) is 16.6 Å². The summed E-state index contributed by atoms with van der Waals surface area (Å²) >= 11 is 5.73. The number of hydrogen-bond donors (Lipinski definition) is 1. The Kier molecular flexibility index (Phi) is 7.30. The average Bonchev–Trinajstić information content (AvgIpc) is 2.62. The van der Waals surface area contributed by atoms with Crippen LogP contribution in [0.2, 0.25) is 5.02 Å². The predicted molar refractivity (Wildman–Crippen MR) is 98.4 cm³/mol. The van der Waals surface area contributed by atoms with E-state index < -0.39 is 30.1 Å². The third-order valence-corrected chi connectivity index (χ3v) is 4.12. The van der Waals surface area contributed by atoms with Crippen molar-refractivity contribution in [1.82, 2.24) is 5.32 Å². The second kappa shape index (κ2) is 9.46. The Balaban J connectivity index is 1.99. The largest absolute Gasteiger partial charge is 0.452 e. The molecule has 0 aliphatic heterocycles. The van der Waals surface area contributed by atoms with Crippen LogP contribution in [0.3, 0.4) is 0 Å². The topological polar surface area (TPSA) is 55.4 Å². The number of ether oxygens (including phenoxy) is 1. The molecule has 0 bridgehead atoms. The lowest BCUT2D eigenvalue weighted by Gasteiger charge is -2.21. The van der Waals surface area contributed by atoms with Crippen LogP contribution in [0.1, 0.15) is 42.2 Å². The number of amides is 1. The fraction of sp³-hybridized carbons (Fsp3) is 0.300. The third kappa shape index (κ3) is 6.03. The lowest BCUT2D eigenvalue weighted by atomic mass is 9.97. The molecule has 0 radical (unpaired) electrons. The molecule has 2 rings (SSSR count). The molecule has 1 unspecified atom stereocenters. The average molecular weight is 396 g/mol. The highest BCUT2D eigenvalue weighted by atomic mass is 35.5. The van der Waals surface area contributed by atoms with Crippen molar-refractivity contribution in [3.05, 3.63) is 70.2 Å². The zero-order valence-corrected chi connectivity index (χ0v) is 15.7. The zero-order chi connectivity index (χ0) is 20.0. The summed E-state index contributed by atoms with van der Waals surface area (Å²) in [7, 11) is 0. The van der Waals surface area contributed by atoms with E-state index in [9.17, 15) is 18.4 Å². The summed E-state index contributed by atoms with van der Waals surface area (Å²) in [6.07, 6.45) is 0.707. The highest BCUT2D eigenvalue weighted by Crippen LogP contribution is 2.22. The van der Waals surface area contributed by atoms with E-state index in [0.717, 1.165) is 5.56 Å². The van der Waals surface area contributed by atoms with Gasteiger partial charge in [0.15, 0.2) is 18.2 Å². The summed E-state index contributed by atoms with van der Waals surface area (Å²) in [6.45, 7) is 3.51. The molecule has 0 aliphatic rings. The van der Waals surface area contributed by atoms with Gasteiger partial charge in [-0.25, -0.2) is 13.6 Å². The van der Waals surface area contributed by atoms with Crippen molar-refractivity contribution < 1.29 is 23.1 Å². The minimum atomic E-state index is -1.23. The maximum Gasteiger partial charge on any atom is 0.340 e. The minimum Gasteiger partial charge on any atom is -0.452 e. The highest BCUT2D eigenvalue weighted by Gasteiger charge is 2.20. The van der Waals surface area contributed by atoms with E-state index in [1.807, 2.05) is 44.2 Å². The standard InChI is InChI=1S/C20H20ClF2NO3/c1-12(2)8-18(13-6-4-3-5-7-13)24-19(25)11-27-20(26)14-9-16(22)17(23)10-15(14)21/h3-7,9-10,12,18H,8,11H2,1-2H3,(H,24,25). The molecule has 0 fully saturated rings. The van der Waals surface area contributed by atoms with Crippen LogP contribution in [-0.4, -0.2) is 18.5 Å². The Bertz CT molecular complexity index is 812. The first-order chi connectivity index (χ1) is 12.8. The Morgan fingerprint density at radius 3 is 2.37 bits per heavy atom. The first-order valence-electron chi connectivity index (χ1n) is 8.44. The Labute approximate surface area is 161 Å². The number of carbonyl (C=O) groups is 2. The van der Waals surface area contributed by atoms with Gasteiger partial charge in [-0.05, 0) is 30.0 Å². The predicted octanol–water partition coefficient (Wildman–Crippen LogP) is 4.68. The molecule has 0 aromatic heterocycles. The molecule has 1 N–H and O–H groups in total. The normalized spacial score (nSPS) is 11.9. The van der Waals surface area contributed by atoms with Gasteiger partial charge in [-0.2, -0.15) is 0 Å². The first-order valence-corrected chi connectivity index (χ1v) is 8.81. The van der Waals surface area contributed by atoms with Crippen molar-refractivity contribution in [1.29, 1.82) is 0 Å². The van der Waals surface area contributed by atoms with Crippen molar-refractivity contribution in [3.8, 4) is 0 Å². The summed E-state index contributed by atoms with van der Waals surface area (Å²) in [6, 6.07) is 10.5. The summed E-state index contributed by atoms with van der Waals surface area (Å²) in [5, 5.41) is 2.53. The second-order valence-electron chi connectivity index (χ2n) is 6.48.